The van der Waals surface area contributed by atoms with Crippen molar-refractivity contribution >= 4 is 5.91 Å². The van der Waals surface area contributed by atoms with Crippen LogP contribution in [0.5, 0.6) is 11.5 Å². The van der Waals surface area contributed by atoms with Crippen LogP contribution >= 0.6 is 0 Å². The monoisotopic (exact) mass is 314 g/mol. The number of nitrogens with one attached hydrogen (secondary N) is 1. The van der Waals surface area contributed by atoms with Crippen LogP contribution in [-0.2, 0) is 17.9 Å². The molecule has 2 aromatic carbocycles. The molecular formula is C18H22N2O3. The zero-order chi connectivity index (χ0) is 16.7. The van der Waals surface area contributed by atoms with E-state index in [1.54, 1.807) is 14.0 Å². The van der Waals surface area contributed by atoms with E-state index < -0.39 is 6.04 Å². The Kier molecular flexibility index (Phi) is 6.00. The van der Waals surface area contributed by atoms with Gasteiger partial charge in [0.05, 0.1) is 13.2 Å². The summed E-state index contributed by atoms with van der Waals surface area (Å²) >= 11 is 0. The summed E-state index contributed by atoms with van der Waals surface area (Å²) in [4.78, 5) is 11.5. The number of hydrogen-bond acceptors (Lipinski definition) is 4. The van der Waals surface area contributed by atoms with Gasteiger partial charge in [0.25, 0.3) is 0 Å². The highest BCUT2D eigenvalue weighted by atomic mass is 16.5. The third-order valence-corrected chi connectivity index (χ3v) is 3.35. The molecule has 0 saturated carbocycles. The average Bonchev–Trinajstić information content (AvgIpc) is 2.58. The molecule has 3 N–H and O–H groups in total. The lowest BCUT2D eigenvalue weighted by molar-refractivity contribution is -0.122. The van der Waals surface area contributed by atoms with Gasteiger partial charge in [0.1, 0.15) is 6.61 Å². The van der Waals surface area contributed by atoms with E-state index in [0.29, 0.717) is 24.7 Å². The predicted molar refractivity (Wildman–Crippen MR) is 89.3 cm³/mol. The fourth-order valence-electron chi connectivity index (χ4n) is 2.03. The quantitative estimate of drug-likeness (QED) is 0.822. The summed E-state index contributed by atoms with van der Waals surface area (Å²) in [5.74, 6) is 1.11. The number of carbonyl (C=O) groups is 1. The largest absolute Gasteiger partial charge is 0.493 e. The van der Waals surface area contributed by atoms with Crippen LogP contribution in [-0.4, -0.2) is 19.1 Å². The van der Waals surface area contributed by atoms with Gasteiger partial charge in [-0.25, -0.2) is 0 Å². The van der Waals surface area contributed by atoms with E-state index in [2.05, 4.69) is 5.32 Å². The first kappa shape index (κ1) is 16.8. The van der Waals surface area contributed by atoms with E-state index in [-0.39, 0.29) is 5.91 Å². The third-order valence-electron chi connectivity index (χ3n) is 3.35. The molecule has 122 valence electrons. The Bertz CT molecular complexity index is 642. The maximum absolute atomic E-state index is 11.5. The number of nitrogens with two attached hydrogens (primary N) is 1. The van der Waals surface area contributed by atoms with Gasteiger partial charge in [-0.15, -0.1) is 0 Å². The zero-order valence-electron chi connectivity index (χ0n) is 13.4. The average molecular weight is 314 g/mol. The van der Waals surface area contributed by atoms with Gasteiger partial charge in [-0.05, 0) is 30.2 Å². The first-order chi connectivity index (χ1) is 11.1. The topological polar surface area (TPSA) is 73.6 Å². The Hall–Kier alpha value is -2.53. The van der Waals surface area contributed by atoms with Gasteiger partial charge in [-0.2, -0.15) is 0 Å². The van der Waals surface area contributed by atoms with Crippen LogP contribution in [0, 0.1) is 0 Å². The predicted octanol–water partition coefficient (Wildman–Crippen LogP) is 2.24. The van der Waals surface area contributed by atoms with Crippen LogP contribution in [0.3, 0.4) is 0 Å². The molecule has 5 heteroatoms. The van der Waals surface area contributed by atoms with E-state index in [1.807, 2.05) is 48.5 Å². The summed E-state index contributed by atoms with van der Waals surface area (Å²) < 4.78 is 11.2. The van der Waals surface area contributed by atoms with Crippen LogP contribution < -0.4 is 20.5 Å². The number of methoxy groups -OCH3 is 1. The lowest BCUT2D eigenvalue weighted by Gasteiger charge is -2.13. The first-order valence-electron chi connectivity index (χ1n) is 7.47. The van der Waals surface area contributed by atoms with Gasteiger partial charge in [0, 0.05) is 6.54 Å². The van der Waals surface area contributed by atoms with Gasteiger partial charge in [-0.1, -0.05) is 36.4 Å². The summed E-state index contributed by atoms with van der Waals surface area (Å²) in [5, 5.41) is 2.77. The van der Waals surface area contributed by atoms with Crippen molar-refractivity contribution in [3.63, 3.8) is 0 Å². The molecule has 0 heterocycles. The highest BCUT2D eigenvalue weighted by molar-refractivity contribution is 5.80. The number of hydrogen-bond donors (Lipinski definition) is 2. The Morgan fingerprint density at radius 2 is 1.87 bits per heavy atom. The molecule has 1 atom stereocenters. The SMILES string of the molecule is COc1cc(CNC(=O)[C@H](C)N)ccc1OCc1ccccc1. The van der Waals surface area contributed by atoms with Crippen LogP contribution in [0.15, 0.2) is 48.5 Å². The number of ether oxygens (including phenoxy) is 2. The highest BCUT2D eigenvalue weighted by Gasteiger charge is 2.09. The van der Waals surface area contributed by atoms with Crippen molar-refractivity contribution in [1.29, 1.82) is 0 Å². The molecule has 23 heavy (non-hydrogen) atoms. The molecule has 2 rings (SSSR count). The zero-order valence-corrected chi connectivity index (χ0v) is 13.4. The van der Waals surface area contributed by atoms with E-state index in [4.69, 9.17) is 15.2 Å². The normalized spacial score (nSPS) is 11.6. The third kappa shape index (κ3) is 5.00. The minimum Gasteiger partial charge on any atom is -0.493 e. The number of amides is 1. The van der Waals surface area contributed by atoms with Gasteiger partial charge < -0.3 is 20.5 Å². The Labute approximate surface area is 136 Å². The summed E-state index contributed by atoms with van der Waals surface area (Å²) in [6.07, 6.45) is 0. The lowest BCUT2D eigenvalue weighted by atomic mass is 10.2. The molecule has 0 saturated heterocycles. The lowest BCUT2D eigenvalue weighted by Crippen LogP contribution is -2.37. The fourth-order valence-corrected chi connectivity index (χ4v) is 2.03. The summed E-state index contributed by atoms with van der Waals surface area (Å²) in [5.41, 5.74) is 7.52. The van der Waals surface area contributed by atoms with Gasteiger partial charge >= 0.3 is 0 Å². The van der Waals surface area contributed by atoms with Gasteiger partial charge in [-0.3, -0.25) is 4.79 Å². The van der Waals surface area contributed by atoms with Crippen molar-refractivity contribution in [1.82, 2.24) is 5.32 Å². The maximum Gasteiger partial charge on any atom is 0.236 e. The maximum atomic E-state index is 11.5. The molecule has 1 amide bonds. The number of benzene rings is 2. The Morgan fingerprint density at radius 3 is 2.52 bits per heavy atom. The van der Waals surface area contributed by atoms with Crippen LogP contribution in [0.2, 0.25) is 0 Å². The van der Waals surface area contributed by atoms with Crippen molar-refractivity contribution in [3.05, 3.63) is 59.7 Å². The van der Waals surface area contributed by atoms with E-state index in [9.17, 15) is 4.79 Å². The van der Waals surface area contributed by atoms with Gasteiger partial charge in [0.15, 0.2) is 11.5 Å². The van der Waals surface area contributed by atoms with E-state index in [1.165, 1.54) is 0 Å². The number of carbonyl (C=O) groups excluding carboxylic acids is 1. The fraction of sp³-hybridized carbons (Fsp3) is 0.278. The molecule has 0 bridgehead atoms. The second kappa shape index (κ2) is 8.19. The first-order valence-corrected chi connectivity index (χ1v) is 7.47. The minimum atomic E-state index is -0.523. The molecule has 0 aliphatic heterocycles. The summed E-state index contributed by atoms with van der Waals surface area (Å²) in [6, 6.07) is 15.0. The summed E-state index contributed by atoms with van der Waals surface area (Å²) in [7, 11) is 1.59. The minimum absolute atomic E-state index is 0.187. The van der Waals surface area contributed by atoms with E-state index in [0.717, 1.165) is 11.1 Å². The molecule has 0 aromatic heterocycles. The van der Waals surface area contributed by atoms with Crippen LogP contribution in [0.4, 0.5) is 0 Å². The van der Waals surface area contributed by atoms with Crippen molar-refractivity contribution in [2.45, 2.75) is 26.1 Å². The number of rotatable bonds is 7. The molecule has 0 fully saturated rings. The smallest absolute Gasteiger partial charge is 0.236 e. The Morgan fingerprint density at radius 1 is 1.13 bits per heavy atom. The highest BCUT2D eigenvalue weighted by Crippen LogP contribution is 2.28. The van der Waals surface area contributed by atoms with Crippen molar-refractivity contribution < 1.29 is 14.3 Å². The molecule has 0 radical (unpaired) electrons. The molecule has 0 unspecified atom stereocenters. The molecule has 5 nitrogen and oxygen atoms in total. The van der Waals surface area contributed by atoms with Gasteiger partial charge in [0.2, 0.25) is 5.91 Å². The van der Waals surface area contributed by atoms with Crippen LogP contribution in [0.25, 0.3) is 0 Å². The van der Waals surface area contributed by atoms with Crippen molar-refractivity contribution in [2.24, 2.45) is 5.73 Å². The van der Waals surface area contributed by atoms with Crippen LogP contribution in [0.1, 0.15) is 18.1 Å². The Balaban J connectivity index is 2.00. The van der Waals surface area contributed by atoms with Crippen molar-refractivity contribution in [2.75, 3.05) is 7.11 Å². The molecule has 2 aromatic rings. The molecule has 0 aliphatic carbocycles. The standard InChI is InChI=1S/C18H22N2O3/c1-13(19)18(21)20-11-15-8-9-16(17(10-15)22-2)23-12-14-6-4-3-5-7-14/h3-10,13H,11-12,19H2,1-2H3,(H,20,21)/t13-/m0/s1. The van der Waals surface area contributed by atoms with E-state index >= 15 is 0 Å². The molecular weight excluding hydrogens is 292 g/mol. The second-order valence-electron chi connectivity index (χ2n) is 5.27. The second-order valence-corrected chi connectivity index (χ2v) is 5.27. The molecule has 0 aliphatic rings. The van der Waals surface area contributed by atoms with Crippen molar-refractivity contribution in [3.8, 4) is 11.5 Å². The molecule has 0 spiro atoms. The summed E-state index contributed by atoms with van der Waals surface area (Å²) in [6.45, 7) is 2.52.